The molecule has 2 amide bonds. The highest BCUT2D eigenvalue weighted by Crippen LogP contribution is 2.58. The maximum absolute atomic E-state index is 13.8. The molecule has 2 aliphatic heterocycles. The normalized spacial score (nSPS) is 24.8. The van der Waals surface area contributed by atoms with E-state index in [2.05, 4.69) is 0 Å². The third kappa shape index (κ3) is 2.50. The molecule has 0 saturated carbocycles. The average Bonchev–Trinajstić information content (AvgIpc) is 3.41. The number of halogens is 1. The van der Waals surface area contributed by atoms with Gasteiger partial charge in [-0.1, -0.05) is 66.2 Å². The van der Waals surface area contributed by atoms with Gasteiger partial charge in [0, 0.05) is 16.1 Å². The number of ether oxygens (including phenoxy) is 1. The minimum atomic E-state index is -2.09. The molecule has 0 unspecified atom stereocenters. The Morgan fingerprint density at radius 2 is 1.41 bits per heavy atom. The number of hydrogen-bond donors (Lipinski definition) is 0. The van der Waals surface area contributed by atoms with Crippen LogP contribution in [0.15, 0.2) is 72.8 Å². The Bertz CT molecular complexity index is 1380. The van der Waals surface area contributed by atoms with Crippen molar-refractivity contribution >= 4 is 40.7 Å². The van der Waals surface area contributed by atoms with E-state index >= 15 is 0 Å². The molecule has 0 bridgehead atoms. The summed E-state index contributed by atoms with van der Waals surface area (Å²) in [4.78, 5) is 56.2. The lowest BCUT2D eigenvalue weighted by Gasteiger charge is -2.27. The van der Waals surface area contributed by atoms with Crippen LogP contribution in [-0.4, -0.2) is 29.0 Å². The predicted octanol–water partition coefficient (Wildman–Crippen LogP) is 4.34. The number of ketones is 2. The quantitative estimate of drug-likeness (QED) is 0.410. The van der Waals surface area contributed by atoms with Crippen molar-refractivity contribution in [2.45, 2.75) is 18.6 Å². The number of nitrogens with zero attached hydrogens (tertiary/aromatic N) is 1. The summed E-state index contributed by atoms with van der Waals surface area (Å²) in [6, 6.07) is 20.1. The van der Waals surface area contributed by atoms with Crippen molar-refractivity contribution in [3.8, 4) is 0 Å². The summed E-state index contributed by atoms with van der Waals surface area (Å²) in [7, 11) is 0. The molecule has 3 aliphatic rings. The highest BCUT2D eigenvalue weighted by molar-refractivity contribution is 6.37. The van der Waals surface area contributed by atoms with Crippen LogP contribution in [0.4, 0.5) is 5.69 Å². The Morgan fingerprint density at radius 1 is 0.794 bits per heavy atom. The molecule has 6 nitrogen and oxygen atoms in total. The Labute approximate surface area is 200 Å². The number of para-hydroxylation sites is 1. The summed E-state index contributed by atoms with van der Waals surface area (Å²) in [5, 5.41) is 0.461. The Morgan fingerprint density at radius 3 is 2.06 bits per heavy atom. The topological polar surface area (TPSA) is 80.8 Å². The van der Waals surface area contributed by atoms with E-state index in [1.54, 1.807) is 79.7 Å². The van der Waals surface area contributed by atoms with Crippen LogP contribution < -0.4 is 4.90 Å². The van der Waals surface area contributed by atoms with Crippen LogP contribution in [0.1, 0.15) is 37.9 Å². The van der Waals surface area contributed by atoms with Gasteiger partial charge in [0.15, 0.2) is 0 Å². The van der Waals surface area contributed by atoms with Gasteiger partial charge in [0.2, 0.25) is 29.0 Å². The van der Waals surface area contributed by atoms with Gasteiger partial charge in [0.25, 0.3) is 0 Å². The summed E-state index contributed by atoms with van der Waals surface area (Å²) in [6.07, 6.45) is -0.990. The van der Waals surface area contributed by atoms with Gasteiger partial charge in [-0.2, -0.15) is 0 Å². The van der Waals surface area contributed by atoms with Gasteiger partial charge in [0.05, 0.1) is 23.6 Å². The first-order valence-corrected chi connectivity index (χ1v) is 11.3. The number of carbonyl (C=O) groups excluding carboxylic acids is 4. The van der Waals surface area contributed by atoms with Crippen LogP contribution >= 0.6 is 11.6 Å². The maximum Gasteiger partial charge on any atom is 0.241 e. The number of Topliss-reactive ketones (excluding diaryl/α,β-unsaturated/α-hetero) is 2. The third-order valence-corrected chi connectivity index (χ3v) is 7.56. The molecule has 2 saturated heterocycles. The molecule has 3 aromatic carbocycles. The molecule has 1 spiro atoms. The molecule has 7 heteroatoms. The van der Waals surface area contributed by atoms with Gasteiger partial charge in [-0.05, 0) is 36.2 Å². The largest absolute Gasteiger partial charge is 0.349 e. The van der Waals surface area contributed by atoms with E-state index in [1.807, 2.05) is 0 Å². The lowest BCUT2D eigenvalue weighted by molar-refractivity contribution is -0.127. The van der Waals surface area contributed by atoms with Crippen molar-refractivity contribution in [2.75, 3.05) is 4.90 Å². The fourth-order valence-electron chi connectivity index (χ4n) is 5.56. The number of benzene rings is 3. The van der Waals surface area contributed by atoms with E-state index in [0.717, 1.165) is 4.90 Å². The average molecular weight is 472 g/mol. The first-order chi connectivity index (χ1) is 16.4. The third-order valence-electron chi connectivity index (χ3n) is 7.15. The van der Waals surface area contributed by atoms with Gasteiger partial charge in [0.1, 0.15) is 0 Å². The molecule has 3 atom stereocenters. The molecule has 1 aliphatic carbocycles. The summed E-state index contributed by atoms with van der Waals surface area (Å²) < 4.78 is 6.30. The fraction of sp³-hybridized carbons (Fsp3) is 0.185. The zero-order valence-corrected chi connectivity index (χ0v) is 18.8. The molecule has 0 aromatic heterocycles. The second kappa shape index (κ2) is 7.19. The van der Waals surface area contributed by atoms with Crippen LogP contribution in [0.3, 0.4) is 0 Å². The van der Waals surface area contributed by atoms with Crippen LogP contribution in [0.5, 0.6) is 0 Å². The monoisotopic (exact) mass is 471 g/mol. The van der Waals surface area contributed by atoms with Gasteiger partial charge in [-0.25, -0.2) is 4.90 Å². The number of imide groups is 1. The highest BCUT2D eigenvalue weighted by Gasteiger charge is 2.74. The molecule has 6 rings (SSSR count). The van der Waals surface area contributed by atoms with Crippen molar-refractivity contribution in [1.29, 1.82) is 0 Å². The maximum atomic E-state index is 13.8. The number of rotatable bonds is 2. The second-order valence-corrected chi connectivity index (χ2v) is 9.19. The molecule has 0 radical (unpaired) electrons. The van der Waals surface area contributed by atoms with Crippen LogP contribution in [0, 0.1) is 18.8 Å². The van der Waals surface area contributed by atoms with Crippen molar-refractivity contribution < 1.29 is 23.9 Å². The molecule has 2 fully saturated rings. The highest BCUT2D eigenvalue weighted by atomic mass is 35.5. The van der Waals surface area contributed by atoms with Crippen molar-refractivity contribution in [3.63, 3.8) is 0 Å². The second-order valence-electron chi connectivity index (χ2n) is 8.78. The lowest BCUT2D eigenvalue weighted by Crippen LogP contribution is -2.51. The van der Waals surface area contributed by atoms with E-state index in [9.17, 15) is 19.2 Å². The molecular weight excluding hydrogens is 454 g/mol. The predicted molar refractivity (Wildman–Crippen MR) is 124 cm³/mol. The zero-order chi connectivity index (χ0) is 23.8. The van der Waals surface area contributed by atoms with E-state index in [1.165, 1.54) is 0 Å². The molecule has 3 aromatic rings. The number of fused-ring (bicyclic) bond motifs is 3. The van der Waals surface area contributed by atoms with Gasteiger partial charge >= 0.3 is 0 Å². The lowest BCUT2D eigenvalue weighted by atomic mass is 9.77. The van der Waals surface area contributed by atoms with E-state index in [-0.39, 0.29) is 11.1 Å². The van der Waals surface area contributed by atoms with E-state index in [0.29, 0.717) is 21.8 Å². The Hall–Kier alpha value is -3.61. The SMILES string of the molecule is Cc1c(Cl)cccc1[C@H]1OC2(C(=O)c3ccccc3C2=O)[C@@H]2C(=O)N(c3ccccc3)C(=O)[C@@H]12. The molecular formula is C27H18ClNO5. The van der Waals surface area contributed by atoms with E-state index in [4.69, 9.17) is 16.3 Å². The summed E-state index contributed by atoms with van der Waals surface area (Å²) in [5.74, 6) is -4.61. The van der Waals surface area contributed by atoms with Gasteiger partial charge in [-0.15, -0.1) is 0 Å². The van der Waals surface area contributed by atoms with Crippen molar-refractivity contribution in [2.24, 2.45) is 11.8 Å². The van der Waals surface area contributed by atoms with Crippen LogP contribution in [-0.2, 0) is 14.3 Å². The van der Waals surface area contributed by atoms with E-state index < -0.39 is 46.9 Å². The van der Waals surface area contributed by atoms with Crippen molar-refractivity contribution in [3.05, 3.63) is 100 Å². The summed E-state index contributed by atoms with van der Waals surface area (Å²) >= 11 is 6.35. The Kier molecular flexibility index (Phi) is 4.43. The summed E-state index contributed by atoms with van der Waals surface area (Å²) in [6.45, 7) is 1.78. The van der Waals surface area contributed by atoms with Crippen LogP contribution in [0.2, 0.25) is 5.02 Å². The molecule has 2 heterocycles. The first kappa shape index (κ1) is 21.0. The van der Waals surface area contributed by atoms with Crippen molar-refractivity contribution in [1.82, 2.24) is 0 Å². The number of carbonyl (C=O) groups is 4. The number of amides is 2. The molecule has 168 valence electrons. The standard InChI is InChI=1S/C27H18ClNO5/c1-14-16(12-7-13-19(14)28)22-20-21(26(33)29(25(20)32)15-8-3-2-4-9-15)27(34-22)23(30)17-10-5-6-11-18(17)24(27)31/h2-13,20-22H,1H3/t20-,21+,22-/m1/s1. The number of anilines is 1. The zero-order valence-electron chi connectivity index (χ0n) is 18.0. The van der Waals surface area contributed by atoms with Crippen LogP contribution in [0.25, 0.3) is 0 Å². The smallest absolute Gasteiger partial charge is 0.241 e. The molecule has 0 N–H and O–H groups in total. The first-order valence-electron chi connectivity index (χ1n) is 10.9. The minimum Gasteiger partial charge on any atom is -0.349 e. The minimum absolute atomic E-state index is 0.202. The summed E-state index contributed by atoms with van der Waals surface area (Å²) in [5.41, 5.74) is -0.0598. The number of hydrogen-bond acceptors (Lipinski definition) is 5. The fourth-order valence-corrected chi connectivity index (χ4v) is 5.75. The molecule has 34 heavy (non-hydrogen) atoms. The van der Waals surface area contributed by atoms with Gasteiger partial charge in [-0.3, -0.25) is 19.2 Å². The Balaban J connectivity index is 1.58. The van der Waals surface area contributed by atoms with Gasteiger partial charge < -0.3 is 4.74 Å².